The molecule has 1 heterocycles. The number of para-hydroxylation sites is 1. The summed E-state index contributed by atoms with van der Waals surface area (Å²) < 4.78 is 5.69. The molecule has 2 aromatic rings. The fourth-order valence-corrected chi connectivity index (χ4v) is 1.88. The maximum atomic E-state index is 11.5. The zero-order valence-electron chi connectivity index (χ0n) is 10.8. The number of nitrogens with zero attached hydrogens (tertiary/aromatic N) is 1. The van der Waals surface area contributed by atoms with Crippen LogP contribution in [0.5, 0.6) is 5.75 Å². The van der Waals surface area contributed by atoms with E-state index in [-0.39, 0.29) is 0 Å². The molecule has 5 heteroatoms. The minimum Gasteiger partial charge on any atom is -0.492 e. The van der Waals surface area contributed by atoms with Crippen molar-refractivity contribution < 1.29 is 9.53 Å². The standard InChI is InChI=1S/C14H17N3O2/c1-2-6-19-13-10(7-11-8-16-9-17-11)4-3-5-12(13)14(15)18/h3-5,8-9H,2,6-7H2,1H3,(H2,15,18)(H,16,17). The van der Waals surface area contributed by atoms with Crippen LogP contribution in [0.15, 0.2) is 30.7 Å². The van der Waals surface area contributed by atoms with Crippen LogP contribution >= 0.6 is 0 Å². The molecule has 0 bridgehead atoms. The predicted octanol–water partition coefficient (Wildman–Crippen LogP) is 1.89. The van der Waals surface area contributed by atoms with Crippen molar-refractivity contribution in [1.82, 2.24) is 9.97 Å². The third-order valence-corrected chi connectivity index (χ3v) is 2.74. The van der Waals surface area contributed by atoms with Gasteiger partial charge in [0.2, 0.25) is 0 Å². The van der Waals surface area contributed by atoms with E-state index in [1.165, 1.54) is 0 Å². The average Bonchev–Trinajstić information content (AvgIpc) is 2.89. The number of carbonyl (C=O) groups is 1. The Morgan fingerprint density at radius 2 is 2.32 bits per heavy atom. The van der Waals surface area contributed by atoms with Crippen LogP contribution in [-0.4, -0.2) is 22.5 Å². The summed E-state index contributed by atoms with van der Waals surface area (Å²) in [5.74, 6) is 0.0924. The highest BCUT2D eigenvalue weighted by atomic mass is 16.5. The summed E-state index contributed by atoms with van der Waals surface area (Å²) in [4.78, 5) is 18.5. The zero-order chi connectivity index (χ0) is 13.7. The van der Waals surface area contributed by atoms with Crippen molar-refractivity contribution in [2.75, 3.05) is 6.61 Å². The summed E-state index contributed by atoms with van der Waals surface area (Å²) in [7, 11) is 0. The highest BCUT2D eigenvalue weighted by Gasteiger charge is 2.14. The Hall–Kier alpha value is -2.30. The van der Waals surface area contributed by atoms with Crippen molar-refractivity contribution in [3.8, 4) is 5.75 Å². The van der Waals surface area contributed by atoms with E-state index in [0.29, 0.717) is 24.3 Å². The lowest BCUT2D eigenvalue weighted by Gasteiger charge is -2.13. The van der Waals surface area contributed by atoms with E-state index in [1.807, 2.05) is 19.2 Å². The summed E-state index contributed by atoms with van der Waals surface area (Å²) >= 11 is 0. The van der Waals surface area contributed by atoms with Gasteiger partial charge < -0.3 is 15.5 Å². The van der Waals surface area contributed by atoms with Crippen molar-refractivity contribution in [1.29, 1.82) is 0 Å². The molecule has 100 valence electrons. The van der Waals surface area contributed by atoms with Crippen molar-refractivity contribution >= 4 is 5.91 Å². The second kappa shape index (κ2) is 6.04. The maximum Gasteiger partial charge on any atom is 0.252 e. The van der Waals surface area contributed by atoms with Gasteiger partial charge in [-0.05, 0) is 12.5 Å². The molecular formula is C14H17N3O2. The topological polar surface area (TPSA) is 81.0 Å². The Labute approximate surface area is 111 Å². The number of primary amides is 1. The van der Waals surface area contributed by atoms with E-state index < -0.39 is 5.91 Å². The van der Waals surface area contributed by atoms with Gasteiger partial charge in [-0.25, -0.2) is 4.98 Å². The quantitative estimate of drug-likeness (QED) is 0.831. The van der Waals surface area contributed by atoms with Crippen LogP contribution in [-0.2, 0) is 6.42 Å². The predicted molar refractivity (Wildman–Crippen MR) is 72.1 cm³/mol. The van der Waals surface area contributed by atoms with E-state index in [9.17, 15) is 4.79 Å². The van der Waals surface area contributed by atoms with Crippen molar-refractivity contribution in [3.05, 3.63) is 47.5 Å². The number of aromatic amines is 1. The Bertz CT molecular complexity index is 550. The molecule has 0 spiro atoms. The number of aromatic nitrogens is 2. The number of amides is 1. The first-order chi connectivity index (χ1) is 9.22. The van der Waals surface area contributed by atoms with Crippen LogP contribution in [0.3, 0.4) is 0 Å². The molecule has 0 saturated heterocycles. The fourth-order valence-electron chi connectivity index (χ4n) is 1.88. The van der Waals surface area contributed by atoms with Crippen molar-refractivity contribution in [3.63, 3.8) is 0 Å². The molecule has 0 aliphatic heterocycles. The molecule has 3 N–H and O–H groups in total. The zero-order valence-corrected chi connectivity index (χ0v) is 10.8. The van der Waals surface area contributed by atoms with E-state index in [0.717, 1.165) is 17.7 Å². The first kappa shape index (κ1) is 13.1. The van der Waals surface area contributed by atoms with Gasteiger partial charge in [0.05, 0.1) is 24.2 Å². The van der Waals surface area contributed by atoms with Crippen LogP contribution in [0.2, 0.25) is 0 Å². The van der Waals surface area contributed by atoms with Gasteiger partial charge >= 0.3 is 0 Å². The first-order valence-electron chi connectivity index (χ1n) is 6.24. The summed E-state index contributed by atoms with van der Waals surface area (Å²) in [5, 5.41) is 0. The Kier molecular flexibility index (Phi) is 4.18. The number of hydrogen-bond acceptors (Lipinski definition) is 3. The summed E-state index contributed by atoms with van der Waals surface area (Å²) in [6.07, 6.45) is 4.92. The smallest absolute Gasteiger partial charge is 0.252 e. The van der Waals surface area contributed by atoms with Gasteiger partial charge in [0, 0.05) is 18.2 Å². The second-order valence-electron chi connectivity index (χ2n) is 4.24. The van der Waals surface area contributed by atoms with Crippen molar-refractivity contribution in [2.24, 2.45) is 5.73 Å². The fraction of sp³-hybridized carbons (Fsp3) is 0.286. The monoisotopic (exact) mass is 259 g/mol. The highest BCUT2D eigenvalue weighted by molar-refractivity contribution is 5.96. The lowest BCUT2D eigenvalue weighted by molar-refractivity contribution is 0.0996. The molecule has 0 unspecified atom stereocenters. The molecule has 1 aromatic heterocycles. The molecule has 0 aliphatic rings. The molecule has 0 fully saturated rings. The molecule has 1 aromatic carbocycles. The Morgan fingerprint density at radius 1 is 1.47 bits per heavy atom. The van der Waals surface area contributed by atoms with Crippen LogP contribution < -0.4 is 10.5 Å². The van der Waals surface area contributed by atoms with Gasteiger partial charge in [-0.15, -0.1) is 0 Å². The van der Waals surface area contributed by atoms with Gasteiger partial charge in [0.25, 0.3) is 5.91 Å². The number of hydrogen-bond donors (Lipinski definition) is 2. The third kappa shape index (κ3) is 3.13. The molecule has 0 saturated carbocycles. The third-order valence-electron chi connectivity index (χ3n) is 2.74. The van der Waals surface area contributed by atoms with E-state index in [2.05, 4.69) is 9.97 Å². The number of ether oxygens (including phenoxy) is 1. The molecule has 0 atom stereocenters. The second-order valence-corrected chi connectivity index (χ2v) is 4.24. The number of rotatable bonds is 6. The van der Waals surface area contributed by atoms with Gasteiger partial charge in [-0.1, -0.05) is 19.1 Å². The number of carbonyl (C=O) groups excluding carboxylic acids is 1. The first-order valence-corrected chi connectivity index (χ1v) is 6.24. The lowest BCUT2D eigenvalue weighted by Crippen LogP contribution is -2.14. The molecule has 0 aliphatic carbocycles. The van der Waals surface area contributed by atoms with Crippen LogP contribution in [0.25, 0.3) is 0 Å². The number of imidazole rings is 1. The minimum atomic E-state index is -0.477. The van der Waals surface area contributed by atoms with Gasteiger partial charge in [-0.3, -0.25) is 4.79 Å². The van der Waals surface area contributed by atoms with Crippen LogP contribution in [0.4, 0.5) is 0 Å². The molecule has 2 rings (SSSR count). The maximum absolute atomic E-state index is 11.5. The van der Waals surface area contributed by atoms with Gasteiger partial charge in [0.15, 0.2) is 0 Å². The lowest BCUT2D eigenvalue weighted by atomic mass is 10.0. The van der Waals surface area contributed by atoms with E-state index in [1.54, 1.807) is 18.5 Å². The molecule has 5 nitrogen and oxygen atoms in total. The molecule has 19 heavy (non-hydrogen) atoms. The Morgan fingerprint density at radius 3 is 2.95 bits per heavy atom. The Balaban J connectivity index is 2.35. The average molecular weight is 259 g/mol. The van der Waals surface area contributed by atoms with Gasteiger partial charge in [-0.2, -0.15) is 0 Å². The summed E-state index contributed by atoms with van der Waals surface area (Å²) in [6.45, 7) is 2.57. The largest absolute Gasteiger partial charge is 0.492 e. The van der Waals surface area contributed by atoms with Gasteiger partial charge in [0.1, 0.15) is 5.75 Å². The van der Waals surface area contributed by atoms with Crippen LogP contribution in [0.1, 0.15) is 35.0 Å². The number of H-pyrrole nitrogens is 1. The number of benzene rings is 1. The van der Waals surface area contributed by atoms with E-state index >= 15 is 0 Å². The SMILES string of the molecule is CCCOc1c(Cc2c[nH]cn2)cccc1C(N)=O. The molecular weight excluding hydrogens is 242 g/mol. The minimum absolute atomic E-state index is 0.418. The number of nitrogens with one attached hydrogen (secondary N) is 1. The summed E-state index contributed by atoms with van der Waals surface area (Å²) in [6, 6.07) is 5.41. The van der Waals surface area contributed by atoms with Crippen LogP contribution in [0, 0.1) is 0 Å². The summed E-state index contributed by atoms with van der Waals surface area (Å²) in [5.41, 5.74) is 7.61. The van der Waals surface area contributed by atoms with Crippen molar-refractivity contribution in [2.45, 2.75) is 19.8 Å². The normalized spacial score (nSPS) is 10.4. The molecule has 0 radical (unpaired) electrons. The highest BCUT2D eigenvalue weighted by Crippen LogP contribution is 2.26. The number of nitrogens with two attached hydrogens (primary N) is 1. The molecule has 1 amide bonds. The van der Waals surface area contributed by atoms with E-state index in [4.69, 9.17) is 10.5 Å².